The van der Waals surface area contributed by atoms with Crippen LogP contribution in [-0.4, -0.2) is 28.4 Å². The van der Waals surface area contributed by atoms with Gasteiger partial charge in [0.15, 0.2) is 5.17 Å². The highest BCUT2D eigenvalue weighted by molar-refractivity contribution is 8.15. The van der Waals surface area contributed by atoms with Gasteiger partial charge in [0.2, 0.25) is 11.8 Å². The Labute approximate surface area is 196 Å². The van der Waals surface area contributed by atoms with Crippen molar-refractivity contribution >= 4 is 40.6 Å². The van der Waals surface area contributed by atoms with E-state index in [-0.39, 0.29) is 17.3 Å². The molecule has 0 saturated carbocycles. The number of hydrogen-bond donors (Lipinski definition) is 2. The van der Waals surface area contributed by atoms with Crippen LogP contribution in [0.2, 0.25) is 0 Å². The van der Waals surface area contributed by atoms with Gasteiger partial charge in [-0.15, -0.1) is 5.10 Å². The molecule has 2 aromatic carbocycles. The van der Waals surface area contributed by atoms with Crippen molar-refractivity contribution in [1.29, 1.82) is 0 Å². The zero-order valence-corrected chi connectivity index (χ0v) is 18.2. The van der Waals surface area contributed by atoms with E-state index in [1.807, 2.05) is 30.3 Å². The van der Waals surface area contributed by atoms with E-state index >= 15 is 0 Å². The lowest BCUT2D eigenvalue weighted by Gasteiger charge is -2.10. The summed E-state index contributed by atoms with van der Waals surface area (Å²) < 4.78 is 44.1. The van der Waals surface area contributed by atoms with Crippen molar-refractivity contribution in [2.75, 3.05) is 5.32 Å². The highest BCUT2D eigenvalue weighted by atomic mass is 32.2. The summed E-state index contributed by atoms with van der Waals surface area (Å²) in [5.74, 6) is 0.0999. The maximum Gasteiger partial charge on any atom is 0.416 e. The predicted octanol–water partition coefficient (Wildman–Crippen LogP) is 4.92. The second kappa shape index (κ2) is 9.96. The molecule has 2 amide bonds. The third kappa shape index (κ3) is 5.93. The van der Waals surface area contributed by atoms with Crippen molar-refractivity contribution in [3.05, 3.63) is 78.1 Å². The molecule has 11 heteroatoms. The van der Waals surface area contributed by atoms with Crippen molar-refractivity contribution in [2.45, 2.75) is 17.8 Å². The lowest BCUT2D eigenvalue weighted by atomic mass is 10.2. The highest BCUT2D eigenvalue weighted by Crippen LogP contribution is 2.31. The molecule has 0 bridgehead atoms. The summed E-state index contributed by atoms with van der Waals surface area (Å²) in [4.78, 5) is 24.4. The molecule has 4 rings (SSSR count). The first-order valence-corrected chi connectivity index (χ1v) is 10.9. The number of furan rings is 1. The van der Waals surface area contributed by atoms with Crippen LogP contribution in [0.5, 0.6) is 0 Å². The lowest BCUT2D eigenvalue weighted by Crippen LogP contribution is -2.28. The van der Waals surface area contributed by atoms with Crippen LogP contribution in [0.1, 0.15) is 17.7 Å². The van der Waals surface area contributed by atoms with Gasteiger partial charge in [-0.05, 0) is 30.3 Å². The van der Waals surface area contributed by atoms with Crippen molar-refractivity contribution in [1.82, 2.24) is 5.32 Å². The second-order valence-electron chi connectivity index (χ2n) is 7.14. The van der Waals surface area contributed by atoms with Crippen LogP contribution in [0.15, 0.2) is 81.4 Å². The molecule has 1 fully saturated rings. The Bertz CT molecular complexity index is 1260. The number of benzene rings is 2. The van der Waals surface area contributed by atoms with Crippen molar-refractivity contribution in [2.24, 2.45) is 10.2 Å². The third-order valence-electron chi connectivity index (χ3n) is 4.64. The molecule has 1 atom stereocenters. The number of nitrogens with one attached hydrogen (secondary N) is 2. The fourth-order valence-corrected chi connectivity index (χ4v) is 3.98. The normalized spacial score (nSPS) is 17.3. The number of carbonyl (C=O) groups is 2. The molecule has 1 aromatic heterocycles. The summed E-state index contributed by atoms with van der Waals surface area (Å²) in [5.41, 5.74) is 0.0337. The Morgan fingerprint density at radius 3 is 2.68 bits per heavy atom. The number of anilines is 1. The molecular formula is C23H17F3N4O3S. The summed E-state index contributed by atoms with van der Waals surface area (Å²) >= 11 is 1.01. The van der Waals surface area contributed by atoms with Gasteiger partial charge in [-0.3, -0.25) is 9.59 Å². The molecular weight excluding hydrogens is 469 g/mol. The van der Waals surface area contributed by atoms with Crippen LogP contribution in [0.4, 0.5) is 18.9 Å². The van der Waals surface area contributed by atoms with Gasteiger partial charge >= 0.3 is 6.18 Å². The smallest absolute Gasteiger partial charge is 0.416 e. The molecule has 2 N–H and O–H groups in total. The SMILES string of the molecule is O=C(CC1S/C(=N/N=C/c2ccc(-c3ccccc3)o2)NC1=O)Nc1cccc(C(F)(F)F)c1. The fraction of sp³-hybridized carbons (Fsp3) is 0.130. The van der Waals surface area contributed by atoms with Gasteiger partial charge in [0.1, 0.15) is 16.8 Å². The Balaban J connectivity index is 1.32. The molecule has 7 nitrogen and oxygen atoms in total. The van der Waals surface area contributed by atoms with Gasteiger partial charge in [-0.25, -0.2) is 0 Å². The molecule has 3 aromatic rings. The predicted molar refractivity (Wildman–Crippen MR) is 123 cm³/mol. The number of rotatable bonds is 6. The number of hydrogen-bond acceptors (Lipinski definition) is 6. The molecule has 0 aliphatic carbocycles. The molecule has 174 valence electrons. The summed E-state index contributed by atoms with van der Waals surface area (Å²) in [6, 6.07) is 17.3. The van der Waals surface area contributed by atoms with Crippen molar-refractivity contribution in [3.8, 4) is 11.3 Å². The summed E-state index contributed by atoms with van der Waals surface area (Å²) in [7, 11) is 0. The summed E-state index contributed by atoms with van der Waals surface area (Å²) in [5, 5.41) is 12.2. The van der Waals surface area contributed by atoms with Crippen molar-refractivity contribution < 1.29 is 27.2 Å². The number of alkyl halides is 3. The van der Waals surface area contributed by atoms with Crippen LogP contribution >= 0.6 is 11.8 Å². The number of amides is 2. The Hall–Kier alpha value is -3.86. The molecule has 0 radical (unpaired) electrons. The largest absolute Gasteiger partial charge is 0.455 e. The standard InChI is InChI=1S/C23H17F3N4O3S/c24-23(25,26)15-7-4-8-16(11-15)28-20(31)12-19-21(32)29-22(34-19)30-27-13-17-9-10-18(33-17)14-5-2-1-3-6-14/h1-11,13,19H,12H2,(H,28,31)(H,29,30,32)/b27-13+. The Morgan fingerprint density at radius 1 is 1.12 bits per heavy atom. The van der Waals surface area contributed by atoms with Crippen LogP contribution < -0.4 is 10.6 Å². The van der Waals surface area contributed by atoms with Gasteiger partial charge in [0, 0.05) is 17.7 Å². The molecule has 34 heavy (non-hydrogen) atoms. The topological polar surface area (TPSA) is 96.1 Å². The van der Waals surface area contributed by atoms with Crippen LogP contribution in [0, 0.1) is 0 Å². The maximum atomic E-state index is 12.8. The number of carbonyl (C=O) groups excluding carboxylic acids is 2. The zero-order valence-electron chi connectivity index (χ0n) is 17.4. The molecule has 2 heterocycles. The monoisotopic (exact) mass is 486 g/mol. The van der Waals surface area contributed by atoms with E-state index in [1.54, 1.807) is 12.1 Å². The molecule has 1 aliphatic heterocycles. The van der Waals surface area contributed by atoms with Crippen LogP contribution in [0.25, 0.3) is 11.3 Å². The minimum Gasteiger partial charge on any atom is -0.455 e. The molecule has 0 spiro atoms. The van der Waals surface area contributed by atoms with E-state index < -0.39 is 28.8 Å². The highest BCUT2D eigenvalue weighted by Gasteiger charge is 2.33. The van der Waals surface area contributed by atoms with E-state index in [0.717, 1.165) is 29.5 Å². The first kappa shape index (κ1) is 23.3. The second-order valence-corrected chi connectivity index (χ2v) is 8.34. The number of halogens is 3. The number of thioether (sulfide) groups is 1. The lowest BCUT2D eigenvalue weighted by molar-refractivity contribution is -0.137. The zero-order chi connectivity index (χ0) is 24.1. The average Bonchev–Trinajstić information content (AvgIpc) is 3.41. The summed E-state index contributed by atoms with van der Waals surface area (Å²) in [6.07, 6.45) is -3.37. The molecule has 1 unspecified atom stereocenters. The minimum absolute atomic E-state index is 0.00459. The fourth-order valence-electron chi connectivity index (χ4n) is 3.06. The van der Waals surface area contributed by atoms with Gasteiger partial charge < -0.3 is 15.1 Å². The van der Waals surface area contributed by atoms with Crippen molar-refractivity contribution in [3.63, 3.8) is 0 Å². The van der Waals surface area contributed by atoms with Gasteiger partial charge in [0.05, 0.1) is 11.8 Å². The first-order chi connectivity index (χ1) is 16.3. The van der Waals surface area contributed by atoms with E-state index in [4.69, 9.17) is 4.42 Å². The van der Waals surface area contributed by atoms with E-state index in [0.29, 0.717) is 11.5 Å². The third-order valence-corrected chi connectivity index (χ3v) is 5.71. The van der Waals surface area contributed by atoms with Gasteiger partial charge in [-0.2, -0.15) is 18.3 Å². The van der Waals surface area contributed by atoms with E-state index in [2.05, 4.69) is 20.8 Å². The first-order valence-electron chi connectivity index (χ1n) is 9.99. The van der Waals surface area contributed by atoms with Gasteiger partial charge in [0.25, 0.3) is 0 Å². The van der Waals surface area contributed by atoms with Gasteiger partial charge in [-0.1, -0.05) is 48.2 Å². The summed E-state index contributed by atoms with van der Waals surface area (Å²) in [6.45, 7) is 0. The number of nitrogens with zero attached hydrogens (tertiary/aromatic N) is 2. The van der Waals surface area contributed by atoms with Crippen LogP contribution in [-0.2, 0) is 15.8 Å². The Morgan fingerprint density at radius 2 is 1.91 bits per heavy atom. The average molecular weight is 486 g/mol. The van der Waals surface area contributed by atoms with E-state index in [1.165, 1.54) is 18.3 Å². The quantitative estimate of drug-likeness (QED) is 0.382. The minimum atomic E-state index is -4.52. The maximum absolute atomic E-state index is 12.8. The molecule has 1 saturated heterocycles. The van der Waals surface area contributed by atoms with E-state index in [9.17, 15) is 22.8 Å². The number of amidine groups is 1. The Kier molecular flexibility index (Phi) is 6.82. The molecule has 1 aliphatic rings. The van der Waals surface area contributed by atoms with Crippen LogP contribution in [0.3, 0.4) is 0 Å².